The zero-order chi connectivity index (χ0) is 24.2. The van der Waals surface area contributed by atoms with E-state index in [0.717, 1.165) is 46.8 Å². The predicted octanol–water partition coefficient (Wildman–Crippen LogP) is -0.368. The van der Waals surface area contributed by atoms with E-state index in [1.807, 2.05) is 0 Å². The Balaban J connectivity index is 1.83. The van der Waals surface area contributed by atoms with Crippen molar-refractivity contribution in [1.29, 1.82) is 0 Å². The Bertz CT molecular complexity index is 820. The van der Waals surface area contributed by atoms with Crippen LogP contribution in [0.2, 0.25) is 0 Å². The molecule has 0 spiro atoms. The van der Waals surface area contributed by atoms with Crippen molar-refractivity contribution in [3.63, 3.8) is 0 Å². The molecule has 0 saturated carbocycles. The molecule has 0 bridgehead atoms. The second-order valence-electron chi connectivity index (χ2n) is 6.92. The summed E-state index contributed by atoms with van der Waals surface area (Å²) in [7, 11) is 0. The number of allylic oxidation sites excluding steroid dienone is 6. The van der Waals surface area contributed by atoms with Crippen LogP contribution in [0.3, 0.4) is 0 Å². The third-order valence-corrected chi connectivity index (χ3v) is 4.44. The Hall–Kier alpha value is -3.00. The van der Waals surface area contributed by atoms with Crippen LogP contribution >= 0.6 is 0 Å². The molecule has 2 aliphatic carbocycles. The molecular formula is C22H26N2O10. The number of carbonyl (C=O) groups excluding carboxylic acids is 4. The molecule has 3 aliphatic rings. The Labute approximate surface area is 195 Å². The summed E-state index contributed by atoms with van der Waals surface area (Å²) in [5.41, 5.74) is -0.425. The maximum absolute atomic E-state index is 12.6. The van der Waals surface area contributed by atoms with Crippen LogP contribution in [0.1, 0.15) is 0 Å². The van der Waals surface area contributed by atoms with E-state index in [2.05, 4.69) is 0 Å². The van der Waals surface area contributed by atoms with Gasteiger partial charge in [-0.25, -0.2) is 9.68 Å². The number of hydrogen-bond acceptors (Lipinski definition) is 12. The van der Waals surface area contributed by atoms with Crippen LogP contribution in [0, 0.1) is 0 Å². The second kappa shape index (κ2) is 13.6. The third kappa shape index (κ3) is 7.80. The first kappa shape index (κ1) is 25.6. The van der Waals surface area contributed by atoms with Gasteiger partial charge in [0.05, 0.1) is 52.9 Å². The number of hydroxylamine groups is 2. The molecule has 0 amide bonds. The molecule has 34 heavy (non-hydrogen) atoms. The smallest absolute Gasteiger partial charge is 0.206 e. The second-order valence-corrected chi connectivity index (χ2v) is 6.92. The van der Waals surface area contributed by atoms with Gasteiger partial charge in [0, 0.05) is 12.2 Å². The van der Waals surface area contributed by atoms with Crippen LogP contribution in [0.4, 0.5) is 0 Å². The van der Waals surface area contributed by atoms with Crippen LogP contribution in [-0.2, 0) is 47.8 Å². The number of nitrogens with zero attached hydrogens (tertiary/aromatic N) is 2. The molecule has 0 aromatic heterocycles. The van der Waals surface area contributed by atoms with E-state index in [-0.39, 0.29) is 37.8 Å². The monoisotopic (exact) mass is 478 g/mol. The van der Waals surface area contributed by atoms with Crippen molar-refractivity contribution in [2.45, 2.75) is 0 Å². The predicted molar refractivity (Wildman–Crippen MR) is 113 cm³/mol. The summed E-state index contributed by atoms with van der Waals surface area (Å²) in [5, 5.41) is 1.73. The van der Waals surface area contributed by atoms with Gasteiger partial charge in [-0.1, -0.05) is 0 Å². The first-order valence-corrected chi connectivity index (χ1v) is 10.7. The highest BCUT2D eigenvalue weighted by atomic mass is 16.8. The zero-order valence-electron chi connectivity index (χ0n) is 18.5. The molecule has 0 aromatic carbocycles. The van der Waals surface area contributed by atoms with Gasteiger partial charge in [0.25, 0.3) is 0 Å². The molecule has 0 unspecified atom stereocenters. The van der Waals surface area contributed by atoms with E-state index in [9.17, 15) is 19.2 Å². The average molecular weight is 478 g/mol. The number of rotatable bonds is 2. The number of ether oxygens (including phenoxy) is 4. The molecule has 1 saturated heterocycles. The molecule has 0 N–H and O–H groups in total. The van der Waals surface area contributed by atoms with Crippen LogP contribution < -0.4 is 0 Å². The van der Waals surface area contributed by atoms with Crippen molar-refractivity contribution in [1.82, 2.24) is 10.3 Å². The van der Waals surface area contributed by atoms with Crippen LogP contribution in [0.5, 0.6) is 0 Å². The molecular weight excluding hydrogens is 452 g/mol. The van der Waals surface area contributed by atoms with Gasteiger partial charge < -0.3 is 18.9 Å². The molecule has 12 nitrogen and oxygen atoms in total. The number of hydrazine groups is 1. The molecule has 184 valence electrons. The molecule has 1 aliphatic heterocycles. The van der Waals surface area contributed by atoms with Crippen LogP contribution in [-0.4, -0.2) is 99.5 Å². The van der Waals surface area contributed by atoms with Crippen molar-refractivity contribution < 1.29 is 47.8 Å². The van der Waals surface area contributed by atoms with Crippen molar-refractivity contribution in [2.24, 2.45) is 0 Å². The summed E-state index contributed by atoms with van der Waals surface area (Å²) < 4.78 is 21.7. The van der Waals surface area contributed by atoms with Crippen molar-refractivity contribution in [3.05, 3.63) is 47.9 Å². The van der Waals surface area contributed by atoms with Gasteiger partial charge in [-0.15, -0.1) is 10.3 Å². The van der Waals surface area contributed by atoms with Gasteiger partial charge in [0.2, 0.25) is 11.6 Å². The Morgan fingerprint density at radius 1 is 0.471 bits per heavy atom. The van der Waals surface area contributed by atoms with Crippen LogP contribution in [0.15, 0.2) is 47.9 Å². The maximum atomic E-state index is 12.6. The number of hydrogen-bond donors (Lipinski definition) is 0. The van der Waals surface area contributed by atoms with Crippen molar-refractivity contribution in [3.8, 4) is 0 Å². The molecule has 1 heterocycles. The van der Waals surface area contributed by atoms with E-state index in [1.54, 1.807) is 0 Å². The molecule has 0 aromatic rings. The van der Waals surface area contributed by atoms with E-state index in [4.69, 9.17) is 28.6 Å². The summed E-state index contributed by atoms with van der Waals surface area (Å²) in [5.74, 6) is -2.06. The molecule has 0 radical (unpaired) electrons. The summed E-state index contributed by atoms with van der Waals surface area (Å²) >= 11 is 0. The van der Waals surface area contributed by atoms with E-state index < -0.39 is 23.1 Å². The maximum Gasteiger partial charge on any atom is 0.206 e. The lowest BCUT2D eigenvalue weighted by atomic mass is 10.1. The summed E-state index contributed by atoms with van der Waals surface area (Å²) in [6.45, 7) is 2.15. The highest BCUT2D eigenvalue weighted by Gasteiger charge is 2.32. The minimum atomic E-state index is -0.566. The van der Waals surface area contributed by atoms with Gasteiger partial charge in [0.15, 0.2) is 11.6 Å². The molecule has 1 fully saturated rings. The Morgan fingerprint density at radius 2 is 0.794 bits per heavy atom. The first-order chi connectivity index (χ1) is 16.6. The first-order valence-electron chi connectivity index (χ1n) is 10.7. The molecule has 12 heteroatoms. The SMILES string of the molecule is O=C1C=CC(=O)C(N2OCCOCCOCCOCCOCCON2C2=CC(=O)C=CC2=O)=C1. The third-order valence-electron chi connectivity index (χ3n) is 4.44. The molecule has 3 rings (SSSR count). The minimum Gasteiger partial charge on any atom is -0.377 e. The van der Waals surface area contributed by atoms with Gasteiger partial charge >= 0.3 is 0 Å². The van der Waals surface area contributed by atoms with E-state index >= 15 is 0 Å². The minimum absolute atomic E-state index is 0.0761. The topological polar surface area (TPSA) is 130 Å². The summed E-state index contributed by atoms with van der Waals surface area (Å²) in [4.78, 5) is 60.5. The summed E-state index contributed by atoms with van der Waals surface area (Å²) in [6.07, 6.45) is 6.44. The zero-order valence-corrected chi connectivity index (χ0v) is 18.5. The Morgan fingerprint density at radius 3 is 1.15 bits per heavy atom. The quantitative estimate of drug-likeness (QED) is 0.480. The standard InChI is InChI=1S/C22H26N2O10/c25-17-1-3-21(27)19(15-17)23-24(20-16-18(26)2-4-22(20)28)34-14-12-32-10-8-30-6-5-29-7-9-31-11-13-33-23/h1-4,15-16H,5-14H2. The highest BCUT2D eigenvalue weighted by Crippen LogP contribution is 2.22. The number of carbonyl (C=O) groups is 4. The van der Waals surface area contributed by atoms with E-state index in [1.165, 1.54) is 0 Å². The fraction of sp³-hybridized carbons (Fsp3) is 0.455. The Kier molecular flexibility index (Phi) is 10.3. The lowest BCUT2D eigenvalue weighted by Gasteiger charge is -2.36. The molecule has 0 atom stereocenters. The highest BCUT2D eigenvalue weighted by molar-refractivity contribution is 6.18. The van der Waals surface area contributed by atoms with Crippen molar-refractivity contribution >= 4 is 23.1 Å². The fourth-order valence-corrected chi connectivity index (χ4v) is 2.86. The lowest BCUT2D eigenvalue weighted by molar-refractivity contribution is -0.371. The van der Waals surface area contributed by atoms with E-state index in [0.29, 0.717) is 39.6 Å². The fourth-order valence-electron chi connectivity index (χ4n) is 2.86. The van der Waals surface area contributed by atoms with Gasteiger partial charge in [0.1, 0.15) is 24.6 Å². The summed E-state index contributed by atoms with van der Waals surface area (Å²) in [6, 6.07) is 0. The lowest BCUT2D eigenvalue weighted by Crippen LogP contribution is -2.46. The number of ketones is 4. The van der Waals surface area contributed by atoms with Gasteiger partial charge in [-0.3, -0.25) is 19.2 Å². The van der Waals surface area contributed by atoms with Crippen LogP contribution in [0.25, 0.3) is 0 Å². The average Bonchev–Trinajstić information content (AvgIpc) is 2.82. The van der Waals surface area contributed by atoms with Gasteiger partial charge in [-0.05, 0) is 24.3 Å². The van der Waals surface area contributed by atoms with Gasteiger partial charge in [-0.2, -0.15) is 0 Å². The normalized spacial score (nSPS) is 22.8. The largest absolute Gasteiger partial charge is 0.377 e. The van der Waals surface area contributed by atoms with Crippen molar-refractivity contribution in [2.75, 3.05) is 66.1 Å².